The Morgan fingerprint density at radius 3 is 2.58 bits per heavy atom. The van der Waals surface area contributed by atoms with Crippen molar-refractivity contribution < 1.29 is 13.2 Å². The second-order valence-corrected chi connectivity index (χ2v) is 6.49. The standard InChI is InChI=1S/C12H17ClN2O3S/c1-3-8(2)11(12(14)16)15-19(17,18)10-6-4-5-9(13)7-10/h4-8,11,15H,3H2,1-2H3,(H2,14,16). The maximum absolute atomic E-state index is 12.1. The zero-order valence-electron chi connectivity index (χ0n) is 10.8. The SMILES string of the molecule is CCC(C)C(NS(=O)(=O)c1cccc(Cl)c1)C(N)=O. The molecule has 0 bridgehead atoms. The first-order valence-corrected chi connectivity index (χ1v) is 7.71. The molecule has 0 spiro atoms. The van der Waals surface area contributed by atoms with Crippen LogP contribution in [0.3, 0.4) is 0 Å². The summed E-state index contributed by atoms with van der Waals surface area (Å²) in [6.45, 7) is 3.62. The maximum Gasteiger partial charge on any atom is 0.241 e. The Hall–Kier alpha value is -1.11. The molecule has 7 heteroatoms. The van der Waals surface area contributed by atoms with Gasteiger partial charge in [-0.25, -0.2) is 8.42 Å². The van der Waals surface area contributed by atoms with Crippen LogP contribution in [0, 0.1) is 5.92 Å². The Kier molecular flexibility index (Phi) is 5.34. The number of rotatable bonds is 6. The van der Waals surface area contributed by atoms with Crippen molar-refractivity contribution in [2.45, 2.75) is 31.2 Å². The number of nitrogens with one attached hydrogen (secondary N) is 1. The number of carbonyl (C=O) groups is 1. The number of carbonyl (C=O) groups excluding carboxylic acids is 1. The molecule has 1 amide bonds. The highest BCUT2D eigenvalue weighted by Crippen LogP contribution is 2.17. The fraction of sp³-hybridized carbons (Fsp3) is 0.417. The molecule has 1 aromatic carbocycles. The number of hydrogen-bond acceptors (Lipinski definition) is 3. The lowest BCUT2D eigenvalue weighted by atomic mass is 10.00. The van der Waals surface area contributed by atoms with E-state index in [1.807, 2.05) is 6.92 Å². The summed E-state index contributed by atoms with van der Waals surface area (Å²) in [5.74, 6) is -0.883. The van der Waals surface area contributed by atoms with Crippen molar-refractivity contribution in [2.75, 3.05) is 0 Å². The highest BCUT2D eigenvalue weighted by molar-refractivity contribution is 7.89. The van der Waals surface area contributed by atoms with E-state index >= 15 is 0 Å². The minimum atomic E-state index is -3.82. The Balaban J connectivity index is 3.04. The van der Waals surface area contributed by atoms with Gasteiger partial charge in [0.1, 0.15) is 6.04 Å². The first-order chi connectivity index (χ1) is 8.77. The van der Waals surface area contributed by atoms with E-state index in [2.05, 4.69) is 4.72 Å². The van der Waals surface area contributed by atoms with Crippen LogP contribution in [-0.4, -0.2) is 20.4 Å². The van der Waals surface area contributed by atoms with Gasteiger partial charge in [0.05, 0.1) is 4.90 Å². The van der Waals surface area contributed by atoms with Gasteiger partial charge in [-0.1, -0.05) is 37.9 Å². The van der Waals surface area contributed by atoms with Crippen LogP contribution in [0.15, 0.2) is 29.2 Å². The summed E-state index contributed by atoms with van der Waals surface area (Å²) in [6.07, 6.45) is 0.631. The Morgan fingerprint density at radius 2 is 2.11 bits per heavy atom. The van der Waals surface area contributed by atoms with Crippen molar-refractivity contribution in [2.24, 2.45) is 11.7 Å². The number of primary amides is 1. The Labute approximate surface area is 118 Å². The molecule has 0 aliphatic heterocycles. The topological polar surface area (TPSA) is 89.3 Å². The average Bonchev–Trinajstić information content (AvgIpc) is 2.35. The summed E-state index contributed by atoms with van der Waals surface area (Å²) in [5, 5.41) is 0.307. The van der Waals surface area contributed by atoms with Crippen molar-refractivity contribution in [1.82, 2.24) is 4.72 Å². The molecule has 0 aliphatic carbocycles. The summed E-state index contributed by atoms with van der Waals surface area (Å²) in [5.41, 5.74) is 5.24. The van der Waals surface area contributed by atoms with Crippen LogP contribution in [0.25, 0.3) is 0 Å². The smallest absolute Gasteiger partial charge is 0.241 e. The molecule has 1 rings (SSSR count). The number of halogens is 1. The second kappa shape index (κ2) is 6.36. The normalized spacial score (nSPS) is 14.9. The molecule has 0 heterocycles. The maximum atomic E-state index is 12.1. The van der Waals surface area contributed by atoms with E-state index in [0.717, 1.165) is 0 Å². The van der Waals surface area contributed by atoms with Gasteiger partial charge < -0.3 is 5.73 Å². The average molecular weight is 305 g/mol. The van der Waals surface area contributed by atoms with E-state index in [4.69, 9.17) is 17.3 Å². The molecule has 0 saturated heterocycles. The molecule has 0 fully saturated rings. The van der Waals surface area contributed by atoms with Crippen LogP contribution in [0.2, 0.25) is 5.02 Å². The molecular weight excluding hydrogens is 288 g/mol. The van der Waals surface area contributed by atoms with Crippen molar-refractivity contribution in [3.8, 4) is 0 Å². The van der Waals surface area contributed by atoms with Crippen molar-refractivity contribution in [1.29, 1.82) is 0 Å². The number of benzene rings is 1. The van der Waals surface area contributed by atoms with Crippen LogP contribution >= 0.6 is 11.6 Å². The molecule has 3 N–H and O–H groups in total. The Bertz CT molecular complexity index is 560. The van der Waals surface area contributed by atoms with Gasteiger partial charge in [-0.15, -0.1) is 0 Å². The highest BCUT2D eigenvalue weighted by atomic mass is 35.5. The molecule has 0 radical (unpaired) electrons. The zero-order valence-corrected chi connectivity index (χ0v) is 12.3. The lowest BCUT2D eigenvalue weighted by Gasteiger charge is -2.21. The summed E-state index contributed by atoms with van der Waals surface area (Å²) in [4.78, 5) is 11.4. The molecule has 2 atom stereocenters. The van der Waals surface area contributed by atoms with Gasteiger partial charge in [0.25, 0.3) is 0 Å². The van der Waals surface area contributed by atoms with E-state index in [1.54, 1.807) is 13.0 Å². The summed E-state index contributed by atoms with van der Waals surface area (Å²) < 4.78 is 26.6. The molecule has 0 saturated carbocycles. The van der Waals surface area contributed by atoms with Crippen molar-refractivity contribution in [3.63, 3.8) is 0 Å². The van der Waals surface area contributed by atoms with Gasteiger partial charge in [0.15, 0.2) is 0 Å². The number of amides is 1. The first-order valence-electron chi connectivity index (χ1n) is 5.85. The molecule has 19 heavy (non-hydrogen) atoms. The van der Waals surface area contributed by atoms with Crippen molar-refractivity contribution in [3.05, 3.63) is 29.3 Å². The monoisotopic (exact) mass is 304 g/mol. The predicted molar refractivity (Wildman–Crippen MR) is 74.2 cm³/mol. The minimum absolute atomic E-state index is 0.00885. The zero-order chi connectivity index (χ0) is 14.6. The molecule has 5 nitrogen and oxygen atoms in total. The van der Waals surface area contributed by atoms with E-state index in [9.17, 15) is 13.2 Å². The first kappa shape index (κ1) is 15.9. The third kappa shape index (κ3) is 4.19. The second-order valence-electron chi connectivity index (χ2n) is 4.34. The predicted octanol–water partition coefficient (Wildman–Crippen LogP) is 1.52. The van der Waals surface area contributed by atoms with Gasteiger partial charge in [-0.2, -0.15) is 4.72 Å². The summed E-state index contributed by atoms with van der Waals surface area (Å²) in [6, 6.07) is 4.88. The third-order valence-electron chi connectivity index (χ3n) is 2.91. The lowest BCUT2D eigenvalue weighted by Crippen LogP contribution is -2.48. The van der Waals surface area contributed by atoms with Crippen LogP contribution in [0.1, 0.15) is 20.3 Å². The largest absolute Gasteiger partial charge is 0.368 e. The van der Waals surface area contributed by atoms with Crippen LogP contribution in [0.4, 0.5) is 0 Å². The number of sulfonamides is 1. The molecule has 0 aromatic heterocycles. The third-order valence-corrected chi connectivity index (χ3v) is 4.58. The lowest BCUT2D eigenvalue weighted by molar-refractivity contribution is -0.120. The van der Waals surface area contributed by atoms with Crippen molar-refractivity contribution >= 4 is 27.5 Å². The molecular formula is C12H17ClN2O3S. The molecule has 2 unspecified atom stereocenters. The van der Waals surface area contributed by atoms with E-state index < -0.39 is 22.0 Å². The molecule has 1 aromatic rings. The summed E-state index contributed by atoms with van der Waals surface area (Å²) >= 11 is 5.76. The summed E-state index contributed by atoms with van der Waals surface area (Å²) in [7, 11) is -3.82. The van der Waals surface area contributed by atoms with Gasteiger partial charge in [0, 0.05) is 5.02 Å². The van der Waals surface area contributed by atoms with Gasteiger partial charge in [-0.05, 0) is 24.1 Å². The van der Waals surface area contributed by atoms with Gasteiger partial charge in [-0.3, -0.25) is 4.79 Å². The number of hydrogen-bond donors (Lipinski definition) is 2. The van der Waals surface area contributed by atoms with Crippen LogP contribution < -0.4 is 10.5 Å². The highest BCUT2D eigenvalue weighted by Gasteiger charge is 2.27. The molecule has 106 valence electrons. The fourth-order valence-electron chi connectivity index (χ4n) is 1.56. The van der Waals surface area contributed by atoms with E-state index in [0.29, 0.717) is 11.4 Å². The fourth-order valence-corrected chi connectivity index (χ4v) is 3.17. The van der Waals surface area contributed by atoms with Gasteiger partial charge in [0.2, 0.25) is 15.9 Å². The molecule has 0 aliphatic rings. The van der Waals surface area contributed by atoms with E-state index in [1.165, 1.54) is 18.2 Å². The van der Waals surface area contributed by atoms with Crippen LogP contribution in [-0.2, 0) is 14.8 Å². The quantitative estimate of drug-likeness (QED) is 0.835. The van der Waals surface area contributed by atoms with E-state index in [-0.39, 0.29) is 10.8 Å². The Morgan fingerprint density at radius 1 is 1.47 bits per heavy atom. The minimum Gasteiger partial charge on any atom is -0.368 e. The van der Waals surface area contributed by atoms with Gasteiger partial charge >= 0.3 is 0 Å². The van der Waals surface area contributed by atoms with Crippen LogP contribution in [0.5, 0.6) is 0 Å². The number of nitrogens with two attached hydrogens (primary N) is 1.